The molecule has 6 heteroatoms. The minimum Gasteiger partial charge on any atom is -0.310 e. The van der Waals surface area contributed by atoms with Crippen LogP contribution in [0.5, 0.6) is 0 Å². The topological polar surface area (TPSA) is 58.9 Å². The van der Waals surface area contributed by atoms with Gasteiger partial charge < -0.3 is 5.32 Å². The molecule has 1 saturated carbocycles. The van der Waals surface area contributed by atoms with Crippen molar-refractivity contribution in [1.82, 2.24) is 30.4 Å². The van der Waals surface area contributed by atoms with Gasteiger partial charge >= 0.3 is 0 Å². The van der Waals surface area contributed by atoms with Gasteiger partial charge in [0, 0.05) is 12.1 Å². The number of aryl methyl sites for hydroxylation is 1. The van der Waals surface area contributed by atoms with Crippen LogP contribution in [0.25, 0.3) is 0 Å². The Morgan fingerprint density at radius 3 is 2.94 bits per heavy atom. The van der Waals surface area contributed by atoms with E-state index >= 15 is 0 Å². The largest absolute Gasteiger partial charge is 0.310 e. The van der Waals surface area contributed by atoms with E-state index in [-0.39, 0.29) is 5.54 Å². The van der Waals surface area contributed by atoms with Crippen LogP contribution in [0, 0.1) is 5.92 Å². The Balaban J connectivity index is 1.67. The highest BCUT2D eigenvalue weighted by molar-refractivity contribution is 5.01. The van der Waals surface area contributed by atoms with Crippen molar-refractivity contribution in [3.63, 3.8) is 0 Å². The van der Waals surface area contributed by atoms with Crippen molar-refractivity contribution in [2.45, 2.75) is 38.3 Å². The van der Waals surface area contributed by atoms with E-state index in [4.69, 9.17) is 0 Å². The molecule has 1 unspecified atom stereocenters. The summed E-state index contributed by atoms with van der Waals surface area (Å²) in [7, 11) is 1.81. The monoisotopic (exact) mass is 250 g/mol. The average molecular weight is 250 g/mol. The van der Waals surface area contributed by atoms with Crippen molar-refractivity contribution >= 4 is 0 Å². The SMILES string of the molecule is Cn1nnc(CN2CCCNC(C)(C3CC3)C2)n1. The second kappa shape index (κ2) is 4.59. The van der Waals surface area contributed by atoms with Crippen LogP contribution < -0.4 is 5.32 Å². The molecule has 0 radical (unpaired) electrons. The summed E-state index contributed by atoms with van der Waals surface area (Å²) in [6, 6.07) is 0. The van der Waals surface area contributed by atoms with E-state index < -0.39 is 0 Å². The summed E-state index contributed by atoms with van der Waals surface area (Å²) in [6.45, 7) is 6.52. The molecule has 1 aliphatic carbocycles. The van der Waals surface area contributed by atoms with Gasteiger partial charge in [0.25, 0.3) is 0 Å². The van der Waals surface area contributed by atoms with Crippen LogP contribution in [0.3, 0.4) is 0 Å². The number of hydrogen-bond donors (Lipinski definition) is 1. The molecule has 0 amide bonds. The van der Waals surface area contributed by atoms with Crippen molar-refractivity contribution < 1.29 is 0 Å². The van der Waals surface area contributed by atoms with Gasteiger partial charge in [0.05, 0.1) is 13.6 Å². The zero-order valence-corrected chi connectivity index (χ0v) is 11.3. The lowest BCUT2D eigenvalue weighted by Crippen LogP contribution is -2.50. The first-order valence-corrected chi connectivity index (χ1v) is 6.86. The molecule has 1 N–H and O–H groups in total. The summed E-state index contributed by atoms with van der Waals surface area (Å²) in [4.78, 5) is 4.00. The highest BCUT2D eigenvalue weighted by atomic mass is 15.6. The van der Waals surface area contributed by atoms with Gasteiger partial charge in [0.2, 0.25) is 0 Å². The van der Waals surface area contributed by atoms with Crippen LogP contribution in [0.4, 0.5) is 0 Å². The van der Waals surface area contributed by atoms with Crippen molar-refractivity contribution in [2.75, 3.05) is 19.6 Å². The lowest BCUT2D eigenvalue weighted by Gasteiger charge is -2.33. The molecule has 1 atom stereocenters. The fraction of sp³-hybridized carbons (Fsp3) is 0.917. The van der Waals surface area contributed by atoms with E-state index in [2.05, 4.69) is 32.6 Å². The molecule has 2 heterocycles. The lowest BCUT2D eigenvalue weighted by atomic mass is 9.95. The van der Waals surface area contributed by atoms with Gasteiger partial charge in [-0.05, 0) is 50.4 Å². The Morgan fingerprint density at radius 1 is 1.44 bits per heavy atom. The molecule has 6 nitrogen and oxygen atoms in total. The standard InChI is InChI=1S/C12H22N6/c1-12(10-4-5-10)9-18(7-3-6-13-12)8-11-14-16-17(2)15-11/h10,13H,3-9H2,1-2H3. The number of hydrogen-bond acceptors (Lipinski definition) is 5. The summed E-state index contributed by atoms with van der Waals surface area (Å²) in [5, 5.41) is 16.0. The van der Waals surface area contributed by atoms with E-state index in [9.17, 15) is 0 Å². The van der Waals surface area contributed by atoms with Gasteiger partial charge in [-0.1, -0.05) is 0 Å². The van der Waals surface area contributed by atoms with Gasteiger partial charge in [0.1, 0.15) is 0 Å². The quantitative estimate of drug-likeness (QED) is 0.829. The number of rotatable bonds is 3. The molecule has 0 aromatic carbocycles. The minimum absolute atomic E-state index is 0.276. The smallest absolute Gasteiger partial charge is 0.188 e. The molecule has 0 bridgehead atoms. The molecular weight excluding hydrogens is 228 g/mol. The Morgan fingerprint density at radius 2 is 2.28 bits per heavy atom. The molecule has 100 valence electrons. The molecule has 0 spiro atoms. The number of nitrogens with one attached hydrogen (secondary N) is 1. The van der Waals surface area contributed by atoms with E-state index in [1.807, 2.05) is 7.05 Å². The van der Waals surface area contributed by atoms with Gasteiger partial charge in [0.15, 0.2) is 5.82 Å². The second-order valence-electron chi connectivity index (χ2n) is 5.88. The first-order valence-electron chi connectivity index (χ1n) is 6.86. The highest BCUT2D eigenvalue weighted by Gasteiger charge is 2.42. The number of tetrazole rings is 1. The zero-order chi connectivity index (χ0) is 12.6. The molecule has 18 heavy (non-hydrogen) atoms. The minimum atomic E-state index is 0.276. The van der Waals surface area contributed by atoms with Gasteiger partial charge in [-0.3, -0.25) is 4.90 Å². The molecular formula is C12H22N6. The van der Waals surface area contributed by atoms with Crippen LogP contribution in [0.1, 0.15) is 32.0 Å². The van der Waals surface area contributed by atoms with E-state index in [1.54, 1.807) is 0 Å². The van der Waals surface area contributed by atoms with Crippen LogP contribution in [0.15, 0.2) is 0 Å². The predicted octanol–water partition coefficient (Wildman–Crippen LogP) is 0.174. The zero-order valence-electron chi connectivity index (χ0n) is 11.3. The molecule has 1 aromatic heterocycles. The highest BCUT2D eigenvalue weighted by Crippen LogP contribution is 2.40. The molecule has 2 aliphatic rings. The normalized spacial score (nSPS) is 30.3. The van der Waals surface area contributed by atoms with Crippen LogP contribution in [0.2, 0.25) is 0 Å². The molecule has 1 aliphatic heterocycles. The van der Waals surface area contributed by atoms with Crippen LogP contribution >= 0.6 is 0 Å². The Kier molecular flexibility index (Phi) is 3.07. The summed E-state index contributed by atoms with van der Waals surface area (Å²) < 4.78 is 0. The Labute approximate surface area is 108 Å². The number of nitrogens with zero attached hydrogens (tertiary/aromatic N) is 5. The van der Waals surface area contributed by atoms with Crippen molar-refractivity contribution in [3.8, 4) is 0 Å². The molecule has 3 rings (SSSR count). The number of aromatic nitrogens is 4. The predicted molar refractivity (Wildman–Crippen MR) is 67.8 cm³/mol. The maximum atomic E-state index is 4.28. The third-order valence-electron chi connectivity index (χ3n) is 4.13. The summed E-state index contributed by atoms with van der Waals surface area (Å²) in [5.74, 6) is 1.69. The van der Waals surface area contributed by atoms with E-state index in [0.717, 1.165) is 37.9 Å². The third kappa shape index (κ3) is 2.54. The fourth-order valence-corrected chi connectivity index (χ4v) is 2.99. The molecule has 1 saturated heterocycles. The van der Waals surface area contributed by atoms with Crippen molar-refractivity contribution in [2.24, 2.45) is 13.0 Å². The third-order valence-corrected chi connectivity index (χ3v) is 4.13. The summed E-state index contributed by atoms with van der Waals surface area (Å²) in [5.41, 5.74) is 0.276. The maximum absolute atomic E-state index is 4.28. The first-order chi connectivity index (χ1) is 8.66. The van der Waals surface area contributed by atoms with Crippen LogP contribution in [-0.2, 0) is 13.6 Å². The lowest BCUT2D eigenvalue weighted by molar-refractivity contribution is 0.191. The Bertz CT molecular complexity index is 412. The van der Waals surface area contributed by atoms with Crippen molar-refractivity contribution in [1.29, 1.82) is 0 Å². The van der Waals surface area contributed by atoms with E-state index in [0.29, 0.717) is 0 Å². The first kappa shape index (κ1) is 12.0. The van der Waals surface area contributed by atoms with Gasteiger partial charge in [-0.2, -0.15) is 4.80 Å². The second-order valence-corrected chi connectivity index (χ2v) is 5.88. The summed E-state index contributed by atoms with van der Waals surface area (Å²) in [6.07, 6.45) is 3.95. The van der Waals surface area contributed by atoms with Crippen molar-refractivity contribution in [3.05, 3.63) is 5.82 Å². The maximum Gasteiger partial charge on any atom is 0.188 e. The summed E-state index contributed by atoms with van der Waals surface area (Å²) >= 11 is 0. The fourth-order valence-electron chi connectivity index (χ4n) is 2.99. The Hall–Kier alpha value is -1.01. The van der Waals surface area contributed by atoms with Gasteiger partial charge in [-0.25, -0.2) is 0 Å². The van der Waals surface area contributed by atoms with E-state index in [1.165, 1.54) is 24.1 Å². The van der Waals surface area contributed by atoms with Gasteiger partial charge in [-0.15, -0.1) is 10.2 Å². The van der Waals surface area contributed by atoms with Crippen LogP contribution in [-0.4, -0.2) is 50.3 Å². The molecule has 1 aromatic rings. The molecule has 2 fully saturated rings. The average Bonchev–Trinajstić information content (AvgIpc) is 3.11.